The van der Waals surface area contributed by atoms with Crippen molar-refractivity contribution in [2.75, 3.05) is 0 Å². The number of phenols is 1. The molecule has 2 aliphatic carbocycles. The molecule has 3 heteroatoms. The Bertz CT molecular complexity index is 460. The van der Waals surface area contributed by atoms with Gasteiger partial charge >= 0.3 is 5.97 Å². The lowest BCUT2D eigenvalue weighted by Crippen LogP contribution is -2.33. The number of aliphatic carboxylic acids is 1. The summed E-state index contributed by atoms with van der Waals surface area (Å²) < 4.78 is 0. The van der Waals surface area contributed by atoms with Crippen LogP contribution in [0.15, 0.2) is 18.2 Å². The van der Waals surface area contributed by atoms with Crippen LogP contribution in [0.3, 0.4) is 0 Å². The second kappa shape index (κ2) is 3.00. The molecule has 1 aromatic rings. The average molecular weight is 218 g/mol. The van der Waals surface area contributed by atoms with E-state index in [1.807, 2.05) is 6.07 Å². The van der Waals surface area contributed by atoms with Gasteiger partial charge in [-0.05, 0) is 48.9 Å². The molecule has 1 aromatic carbocycles. The average Bonchev–Trinajstić information content (AvgIpc) is 3.00. The zero-order valence-electron chi connectivity index (χ0n) is 8.94. The smallest absolute Gasteiger partial charge is 0.307 e. The molecule has 2 N–H and O–H groups in total. The van der Waals surface area contributed by atoms with Gasteiger partial charge < -0.3 is 10.2 Å². The summed E-state index contributed by atoms with van der Waals surface area (Å²) in [6.45, 7) is 0. The molecule has 84 valence electrons. The van der Waals surface area contributed by atoms with Gasteiger partial charge in [0.15, 0.2) is 0 Å². The van der Waals surface area contributed by atoms with Crippen molar-refractivity contribution in [2.45, 2.75) is 31.1 Å². The van der Waals surface area contributed by atoms with Crippen molar-refractivity contribution < 1.29 is 15.0 Å². The molecule has 3 rings (SSSR count). The molecular formula is C13H14O3. The molecule has 1 fully saturated rings. The number of aromatic hydroxyl groups is 1. The SMILES string of the molecule is O=C(O)C1CCc2ccc(O)cc2C12CC2. The predicted molar refractivity (Wildman–Crippen MR) is 58.5 cm³/mol. The molecule has 0 saturated heterocycles. The van der Waals surface area contributed by atoms with Crippen LogP contribution in [-0.2, 0) is 16.6 Å². The Labute approximate surface area is 93.7 Å². The van der Waals surface area contributed by atoms with E-state index >= 15 is 0 Å². The molecule has 0 radical (unpaired) electrons. The Hall–Kier alpha value is -1.51. The zero-order chi connectivity index (χ0) is 11.3. The van der Waals surface area contributed by atoms with Crippen molar-refractivity contribution in [1.82, 2.24) is 0 Å². The fourth-order valence-electron chi connectivity index (χ4n) is 3.12. The maximum atomic E-state index is 11.2. The van der Waals surface area contributed by atoms with Crippen LogP contribution < -0.4 is 0 Å². The van der Waals surface area contributed by atoms with Crippen LogP contribution in [0.25, 0.3) is 0 Å². The van der Waals surface area contributed by atoms with Gasteiger partial charge in [-0.25, -0.2) is 0 Å². The number of hydrogen-bond acceptors (Lipinski definition) is 2. The molecule has 2 aliphatic rings. The number of carbonyl (C=O) groups is 1. The van der Waals surface area contributed by atoms with Crippen molar-refractivity contribution >= 4 is 5.97 Å². The lowest BCUT2D eigenvalue weighted by Gasteiger charge is -2.31. The Balaban J connectivity index is 2.11. The number of benzene rings is 1. The van der Waals surface area contributed by atoms with Gasteiger partial charge in [-0.3, -0.25) is 4.79 Å². The minimum Gasteiger partial charge on any atom is -0.508 e. The fraction of sp³-hybridized carbons (Fsp3) is 0.462. The highest BCUT2D eigenvalue weighted by Gasteiger charge is 2.56. The number of hydrogen-bond donors (Lipinski definition) is 2. The number of rotatable bonds is 1. The maximum absolute atomic E-state index is 11.2. The quantitative estimate of drug-likeness (QED) is 0.758. The van der Waals surface area contributed by atoms with Crippen molar-refractivity contribution in [1.29, 1.82) is 0 Å². The highest BCUT2D eigenvalue weighted by atomic mass is 16.4. The van der Waals surface area contributed by atoms with E-state index in [1.165, 1.54) is 5.56 Å². The molecule has 0 amide bonds. The lowest BCUT2D eigenvalue weighted by molar-refractivity contribution is -0.143. The van der Waals surface area contributed by atoms with Crippen molar-refractivity contribution in [3.8, 4) is 5.75 Å². The normalized spacial score (nSPS) is 25.1. The van der Waals surface area contributed by atoms with Gasteiger partial charge in [0.1, 0.15) is 5.75 Å². The molecule has 0 aliphatic heterocycles. The number of fused-ring (bicyclic) bond motifs is 2. The van der Waals surface area contributed by atoms with Gasteiger partial charge in [-0.15, -0.1) is 0 Å². The molecule has 1 unspecified atom stereocenters. The first kappa shape index (κ1) is 9.70. The molecule has 0 bridgehead atoms. The molecule has 1 atom stereocenters. The first-order valence-corrected chi connectivity index (χ1v) is 5.69. The number of carboxylic acid groups (broad SMARTS) is 1. The van der Waals surface area contributed by atoms with Crippen LogP contribution in [-0.4, -0.2) is 16.2 Å². The van der Waals surface area contributed by atoms with Gasteiger partial charge in [0.05, 0.1) is 5.92 Å². The fourth-order valence-corrected chi connectivity index (χ4v) is 3.12. The monoisotopic (exact) mass is 218 g/mol. The second-order valence-corrected chi connectivity index (χ2v) is 4.93. The van der Waals surface area contributed by atoms with E-state index in [2.05, 4.69) is 0 Å². The lowest BCUT2D eigenvalue weighted by atomic mass is 9.72. The summed E-state index contributed by atoms with van der Waals surface area (Å²) >= 11 is 0. The molecule has 1 spiro atoms. The highest BCUT2D eigenvalue weighted by Crippen LogP contribution is 2.59. The standard InChI is InChI=1S/C13H14O3/c14-9-3-1-8-2-4-10(12(15)16)13(5-6-13)11(8)7-9/h1,3,7,10,14H,2,4-6H2,(H,15,16). The first-order chi connectivity index (χ1) is 7.63. The number of carboxylic acids is 1. The topological polar surface area (TPSA) is 57.5 Å². The minimum atomic E-state index is -0.688. The molecular weight excluding hydrogens is 204 g/mol. The van der Waals surface area contributed by atoms with Crippen LogP contribution in [0, 0.1) is 5.92 Å². The predicted octanol–water partition coefficient (Wildman–Crippen LogP) is 2.07. The molecule has 0 aromatic heterocycles. The minimum absolute atomic E-state index is 0.168. The summed E-state index contributed by atoms with van der Waals surface area (Å²) in [7, 11) is 0. The third-order valence-electron chi connectivity index (χ3n) is 4.09. The van der Waals surface area contributed by atoms with Crippen LogP contribution in [0.2, 0.25) is 0 Å². The Morgan fingerprint density at radius 3 is 2.75 bits per heavy atom. The summed E-state index contributed by atoms with van der Waals surface area (Å²) in [5, 5.41) is 18.8. The zero-order valence-corrected chi connectivity index (χ0v) is 8.94. The summed E-state index contributed by atoms with van der Waals surface area (Å²) in [6, 6.07) is 5.39. The van der Waals surface area contributed by atoms with Gasteiger partial charge in [-0.2, -0.15) is 0 Å². The van der Waals surface area contributed by atoms with Crippen molar-refractivity contribution in [2.24, 2.45) is 5.92 Å². The van der Waals surface area contributed by atoms with Crippen LogP contribution in [0.5, 0.6) is 5.75 Å². The van der Waals surface area contributed by atoms with E-state index in [0.29, 0.717) is 0 Å². The van der Waals surface area contributed by atoms with E-state index in [-0.39, 0.29) is 17.1 Å². The summed E-state index contributed by atoms with van der Waals surface area (Å²) in [5.41, 5.74) is 2.12. The number of phenolic OH excluding ortho intramolecular Hbond substituents is 1. The second-order valence-electron chi connectivity index (χ2n) is 4.93. The van der Waals surface area contributed by atoms with E-state index in [4.69, 9.17) is 0 Å². The van der Waals surface area contributed by atoms with Crippen molar-refractivity contribution in [3.63, 3.8) is 0 Å². The molecule has 1 saturated carbocycles. The van der Waals surface area contributed by atoms with Crippen LogP contribution in [0.4, 0.5) is 0 Å². The van der Waals surface area contributed by atoms with E-state index in [9.17, 15) is 15.0 Å². The third kappa shape index (κ3) is 1.17. The van der Waals surface area contributed by atoms with Crippen LogP contribution in [0.1, 0.15) is 30.4 Å². The van der Waals surface area contributed by atoms with Crippen molar-refractivity contribution in [3.05, 3.63) is 29.3 Å². The summed E-state index contributed by atoms with van der Waals surface area (Å²) in [4.78, 5) is 11.2. The third-order valence-corrected chi connectivity index (χ3v) is 4.09. The largest absolute Gasteiger partial charge is 0.508 e. The Morgan fingerprint density at radius 1 is 1.38 bits per heavy atom. The van der Waals surface area contributed by atoms with Crippen LogP contribution >= 0.6 is 0 Å². The van der Waals surface area contributed by atoms with E-state index in [0.717, 1.165) is 31.2 Å². The first-order valence-electron chi connectivity index (χ1n) is 5.69. The van der Waals surface area contributed by atoms with Gasteiger partial charge in [0.2, 0.25) is 0 Å². The Morgan fingerprint density at radius 2 is 2.12 bits per heavy atom. The molecule has 16 heavy (non-hydrogen) atoms. The van der Waals surface area contributed by atoms with Gasteiger partial charge in [-0.1, -0.05) is 6.07 Å². The molecule has 3 nitrogen and oxygen atoms in total. The molecule has 0 heterocycles. The van der Waals surface area contributed by atoms with E-state index in [1.54, 1.807) is 12.1 Å². The van der Waals surface area contributed by atoms with Gasteiger partial charge in [0, 0.05) is 5.41 Å². The highest BCUT2D eigenvalue weighted by molar-refractivity contribution is 5.74. The van der Waals surface area contributed by atoms with E-state index < -0.39 is 5.97 Å². The summed E-state index contributed by atoms with van der Waals surface area (Å²) in [5.74, 6) is -0.704. The maximum Gasteiger partial charge on any atom is 0.307 e. The van der Waals surface area contributed by atoms with Gasteiger partial charge in [0.25, 0.3) is 0 Å². The summed E-state index contributed by atoms with van der Waals surface area (Å²) in [6.07, 6.45) is 3.43. The number of aryl methyl sites for hydroxylation is 1. The Kier molecular flexibility index (Phi) is 1.82.